The van der Waals surface area contributed by atoms with Gasteiger partial charge in [0.15, 0.2) is 0 Å². The topological polar surface area (TPSA) is 46.9 Å². The van der Waals surface area contributed by atoms with Gasteiger partial charge < -0.3 is 5.32 Å². The lowest BCUT2D eigenvalue weighted by Crippen LogP contribution is -2.29. The first-order chi connectivity index (χ1) is 7.41. The molecule has 0 saturated heterocycles. The quantitative estimate of drug-likeness (QED) is 0.787. The maximum atomic E-state index is 11.7. The van der Waals surface area contributed by atoms with Crippen LogP contribution in [-0.2, 0) is 24.4 Å². The van der Waals surface area contributed by atoms with Crippen molar-refractivity contribution in [3.8, 4) is 0 Å². The third kappa shape index (κ3) is 4.06. The maximum absolute atomic E-state index is 11.7. The third-order valence-electron chi connectivity index (χ3n) is 2.38. The molecule has 0 aliphatic carbocycles. The molecule has 0 radical (unpaired) electrons. The highest BCUT2D eigenvalue weighted by molar-refractivity contribution is 7.86. The molecule has 1 N–H and O–H groups in total. The molecule has 0 saturated carbocycles. The molecule has 1 atom stereocenters. The Balaban J connectivity index is 2.23. The summed E-state index contributed by atoms with van der Waals surface area (Å²) in [5, 5.41) is 7.36. The summed E-state index contributed by atoms with van der Waals surface area (Å²) in [6.07, 6.45) is 1.78. The van der Waals surface area contributed by atoms with E-state index in [1.165, 1.54) is 0 Å². The molecular formula is C11H21N3OS. The zero-order valence-electron chi connectivity index (χ0n) is 10.5. The van der Waals surface area contributed by atoms with Crippen molar-refractivity contribution in [2.24, 2.45) is 7.05 Å². The maximum Gasteiger partial charge on any atom is 0.0518 e. The predicted octanol–water partition coefficient (Wildman–Crippen LogP) is 1.06. The molecule has 92 valence electrons. The van der Waals surface area contributed by atoms with Crippen LogP contribution in [0, 0.1) is 0 Å². The summed E-state index contributed by atoms with van der Waals surface area (Å²) in [6, 6.07) is 1.98. The lowest BCUT2D eigenvalue weighted by molar-refractivity contribution is 0.626. The lowest BCUT2D eigenvalue weighted by Gasteiger charge is -2.17. The van der Waals surface area contributed by atoms with E-state index in [1.54, 1.807) is 6.20 Å². The van der Waals surface area contributed by atoms with E-state index in [0.29, 0.717) is 5.75 Å². The molecule has 0 amide bonds. The molecule has 1 rings (SSSR count). The second kappa shape index (κ2) is 5.59. The summed E-state index contributed by atoms with van der Waals surface area (Å²) in [6.45, 7) is 7.56. The molecule has 1 aromatic heterocycles. The second-order valence-electron chi connectivity index (χ2n) is 4.78. The number of rotatable bonds is 5. The fourth-order valence-electron chi connectivity index (χ4n) is 1.26. The molecule has 0 spiro atoms. The van der Waals surface area contributed by atoms with Gasteiger partial charge >= 0.3 is 0 Å². The Morgan fingerprint density at radius 1 is 1.50 bits per heavy atom. The van der Waals surface area contributed by atoms with E-state index in [4.69, 9.17) is 0 Å². The van der Waals surface area contributed by atoms with Gasteiger partial charge in [0.2, 0.25) is 0 Å². The van der Waals surface area contributed by atoms with E-state index in [9.17, 15) is 4.21 Å². The smallest absolute Gasteiger partial charge is 0.0518 e. The van der Waals surface area contributed by atoms with Crippen molar-refractivity contribution in [3.63, 3.8) is 0 Å². The molecule has 5 heteroatoms. The van der Waals surface area contributed by atoms with Crippen LogP contribution in [0.4, 0.5) is 0 Å². The van der Waals surface area contributed by atoms with Crippen LogP contribution in [0.2, 0.25) is 0 Å². The minimum atomic E-state index is -0.776. The summed E-state index contributed by atoms with van der Waals surface area (Å²) in [5.74, 6) is 0.696. The summed E-state index contributed by atoms with van der Waals surface area (Å²) >= 11 is 0. The molecule has 0 bridgehead atoms. The van der Waals surface area contributed by atoms with Crippen molar-refractivity contribution in [2.75, 3.05) is 12.3 Å². The number of aryl methyl sites for hydroxylation is 1. The minimum absolute atomic E-state index is 0.117. The minimum Gasteiger partial charge on any atom is -0.310 e. The van der Waals surface area contributed by atoms with Gasteiger partial charge in [0.05, 0.1) is 5.69 Å². The van der Waals surface area contributed by atoms with Gasteiger partial charge in [-0.15, -0.1) is 0 Å². The largest absolute Gasteiger partial charge is 0.310 e. The van der Waals surface area contributed by atoms with Crippen LogP contribution in [0.1, 0.15) is 26.5 Å². The molecule has 0 aliphatic rings. The van der Waals surface area contributed by atoms with Crippen LogP contribution in [-0.4, -0.2) is 31.0 Å². The fraction of sp³-hybridized carbons (Fsp3) is 0.727. The van der Waals surface area contributed by atoms with Crippen LogP contribution in [0.5, 0.6) is 0 Å². The van der Waals surface area contributed by atoms with E-state index in [-0.39, 0.29) is 4.75 Å². The van der Waals surface area contributed by atoms with Crippen molar-refractivity contribution in [1.29, 1.82) is 0 Å². The van der Waals surface area contributed by atoms with Gasteiger partial charge in [-0.05, 0) is 26.8 Å². The Hall–Kier alpha value is -0.680. The van der Waals surface area contributed by atoms with Crippen molar-refractivity contribution >= 4 is 10.8 Å². The van der Waals surface area contributed by atoms with Crippen molar-refractivity contribution < 1.29 is 4.21 Å². The molecule has 0 fully saturated rings. The molecule has 1 unspecified atom stereocenters. The summed E-state index contributed by atoms with van der Waals surface area (Å²) in [7, 11) is 1.15. The highest BCUT2D eigenvalue weighted by atomic mass is 32.2. The highest BCUT2D eigenvalue weighted by Gasteiger charge is 2.18. The zero-order chi connectivity index (χ0) is 12.2. The lowest BCUT2D eigenvalue weighted by atomic mass is 10.3. The number of hydrogen-bond donors (Lipinski definition) is 1. The average molecular weight is 243 g/mol. The first-order valence-corrected chi connectivity index (χ1v) is 6.79. The average Bonchev–Trinajstić information content (AvgIpc) is 2.57. The molecule has 1 heterocycles. The summed E-state index contributed by atoms with van der Waals surface area (Å²) in [4.78, 5) is 0. The molecule has 0 aromatic carbocycles. The Labute approximate surface area is 99.9 Å². The van der Waals surface area contributed by atoms with E-state index >= 15 is 0 Å². The van der Waals surface area contributed by atoms with Crippen LogP contribution < -0.4 is 5.32 Å². The number of hydrogen-bond acceptors (Lipinski definition) is 3. The van der Waals surface area contributed by atoms with Crippen molar-refractivity contribution in [3.05, 3.63) is 18.0 Å². The molecule has 16 heavy (non-hydrogen) atoms. The van der Waals surface area contributed by atoms with E-state index < -0.39 is 10.8 Å². The molecule has 4 nitrogen and oxygen atoms in total. The van der Waals surface area contributed by atoms with E-state index in [2.05, 4.69) is 10.4 Å². The summed E-state index contributed by atoms with van der Waals surface area (Å²) in [5.41, 5.74) is 1.14. The Morgan fingerprint density at radius 2 is 2.19 bits per heavy atom. The third-order valence-corrected chi connectivity index (χ3v) is 4.32. The van der Waals surface area contributed by atoms with E-state index in [1.807, 2.05) is 38.6 Å². The van der Waals surface area contributed by atoms with Crippen LogP contribution >= 0.6 is 0 Å². The summed E-state index contributed by atoms with van der Waals surface area (Å²) < 4.78 is 13.5. The molecular weight excluding hydrogens is 222 g/mol. The standard InChI is InChI=1S/C11H21N3OS/c1-11(2,3)16(15)8-7-12-9-10-5-6-13-14(10)4/h5-6,12H,7-9H2,1-4H3. The Morgan fingerprint density at radius 3 is 2.69 bits per heavy atom. The normalized spacial score (nSPS) is 14.0. The Bertz CT molecular complexity index is 354. The van der Waals surface area contributed by atoms with Gasteiger partial charge in [0.25, 0.3) is 0 Å². The fourth-order valence-corrected chi connectivity index (χ4v) is 2.20. The highest BCUT2D eigenvalue weighted by Crippen LogP contribution is 2.10. The van der Waals surface area contributed by atoms with Gasteiger partial charge in [-0.1, -0.05) is 0 Å². The van der Waals surface area contributed by atoms with Gasteiger partial charge in [0.1, 0.15) is 0 Å². The van der Waals surface area contributed by atoms with Gasteiger partial charge in [0, 0.05) is 47.6 Å². The second-order valence-corrected chi connectivity index (χ2v) is 7.11. The number of nitrogens with one attached hydrogen (secondary N) is 1. The predicted molar refractivity (Wildman–Crippen MR) is 67.7 cm³/mol. The van der Waals surface area contributed by atoms with E-state index in [0.717, 1.165) is 18.8 Å². The molecule has 0 aliphatic heterocycles. The number of aromatic nitrogens is 2. The SMILES string of the molecule is Cn1nccc1CNCCS(=O)C(C)(C)C. The van der Waals surface area contributed by atoms with Crippen molar-refractivity contribution in [2.45, 2.75) is 32.1 Å². The monoisotopic (exact) mass is 243 g/mol. The first kappa shape index (κ1) is 13.4. The van der Waals surface area contributed by atoms with Crippen LogP contribution in [0.25, 0.3) is 0 Å². The van der Waals surface area contributed by atoms with Gasteiger partial charge in [-0.25, -0.2) is 0 Å². The van der Waals surface area contributed by atoms with Gasteiger partial charge in [-0.3, -0.25) is 8.89 Å². The van der Waals surface area contributed by atoms with Crippen LogP contribution in [0.3, 0.4) is 0 Å². The molecule has 1 aromatic rings. The Kier molecular flexibility index (Phi) is 4.68. The van der Waals surface area contributed by atoms with Gasteiger partial charge in [-0.2, -0.15) is 5.10 Å². The van der Waals surface area contributed by atoms with Crippen molar-refractivity contribution in [1.82, 2.24) is 15.1 Å². The zero-order valence-corrected chi connectivity index (χ0v) is 11.3. The first-order valence-electron chi connectivity index (χ1n) is 5.47. The van der Waals surface area contributed by atoms with Crippen LogP contribution in [0.15, 0.2) is 12.3 Å². The number of nitrogens with zero attached hydrogens (tertiary/aromatic N) is 2.